The van der Waals surface area contributed by atoms with Gasteiger partial charge < -0.3 is 5.11 Å². The van der Waals surface area contributed by atoms with E-state index >= 15 is 0 Å². The number of hydrogen-bond donors (Lipinski definition) is 1. The number of likely N-dealkylation sites (N-methyl/N-ethyl adjacent to an activating group) is 1. The van der Waals surface area contributed by atoms with E-state index in [-0.39, 0.29) is 6.10 Å². The van der Waals surface area contributed by atoms with E-state index < -0.39 is 0 Å². The summed E-state index contributed by atoms with van der Waals surface area (Å²) in [5.74, 6) is 3.01. The smallest absolute Gasteiger partial charge is 0.0703 e. The molecule has 1 rings (SSSR count). The predicted molar refractivity (Wildman–Crippen MR) is 63.8 cm³/mol. The third-order valence-electron chi connectivity index (χ3n) is 2.93. The first-order chi connectivity index (χ1) is 6.61. The second-order valence-corrected chi connectivity index (χ2v) is 5.81. The molecule has 1 heterocycles. The van der Waals surface area contributed by atoms with Crippen molar-refractivity contribution in [2.24, 2.45) is 5.92 Å². The predicted octanol–water partition coefficient (Wildman–Crippen LogP) is 1.83. The van der Waals surface area contributed by atoms with Crippen molar-refractivity contribution < 1.29 is 5.11 Å². The van der Waals surface area contributed by atoms with Gasteiger partial charge in [0.2, 0.25) is 0 Å². The van der Waals surface area contributed by atoms with Crippen LogP contribution in [0.4, 0.5) is 0 Å². The third-order valence-corrected chi connectivity index (χ3v) is 3.98. The van der Waals surface area contributed by atoms with Crippen LogP contribution in [0.2, 0.25) is 0 Å². The molecule has 14 heavy (non-hydrogen) atoms. The molecule has 84 valence electrons. The van der Waals surface area contributed by atoms with Gasteiger partial charge in [-0.15, -0.1) is 0 Å². The highest BCUT2D eigenvalue weighted by Crippen LogP contribution is 2.20. The summed E-state index contributed by atoms with van der Waals surface area (Å²) < 4.78 is 0. The molecular weight excluding hydrogens is 194 g/mol. The summed E-state index contributed by atoms with van der Waals surface area (Å²) in [5, 5.41) is 10.0. The Bertz CT molecular complexity index is 163. The Balaban J connectivity index is 2.30. The molecule has 2 nitrogen and oxygen atoms in total. The van der Waals surface area contributed by atoms with Gasteiger partial charge in [0.15, 0.2) is 0 Å². The second kappa shape index (κ2) is 5.99. The van der Waals surface area contributed by atoms with Crippen LogP contribution < -0.4 is 0 Å². The zero-order chi connectivity index (χ0) is 10.6. The molecule has 1 aliphatic heterocycles. The number of nitrogens with zero attached hydrogens (tertiary/aromatic N) is 1. The topological polar surface area (TPSA) is 23.5 Å². The number of hydrogen-bond acceptors (Lipinski definition) is 3. The fourth-order valence-electron chi connectivity index (χ4n) is 1.81. The first-order valence-corrected chi connectivity index (χ1v) is 6.72. The van der Waals surface area contributed by atoms with Gasteiger partial charge in [-0.1, -0.05) is 13.8 Å². The SMILES string of the molecule is CC(C)CCC(O)C1CSCCN1C. The number of thioether (sulfide) groups is 1. The molecule has 1 saturated heterocycles. The molecule has 0 aromatic rings. The maximum Gasteiger partial charge on any atom is 0.0703 e. The van der Waals surface area contributed by atoms with Gasteiger partial charge in [-0.2, -0.15) is 11.8 Å². The molecule has 0 spiro atoms. The molecule has 1 fully saturated rings. The molecule has 0 radical (unpaired) electrons. The van der Waals surface area contributed by atoms with Crippen LogP contribution in [0.5, 0.6) is 0 Å². The summed E-state index contributed by atoms with van der Waals surface area (Å²) in [7, 11) is 2.13. The minimum Gasteiger partial charge on any atom is -0.391 e. The van der Waals surface area contributed by atoms with E-state index in [0.29, 0.717) is 12.0 Å². The van der Waals surface area contributed by atoms with Crippen molar-refractivity contribution in [3.8, 4) is 0 Å². The lowest BCUT2D eigenvalue weighted by Crippen LogP contribution is -2.47. The molecular formula is C11H23NOS. The number of aliphatic hydroxyl groups excluding tert-OH is 1. The van der Waals surface area contributed by atoms with E-state index in [1.807, 2.05) is 11.8 Å². The average Bonchev–Trinajstić information content (AvgIpc) is 2.15. The van der Waals surface area contributed by atoms with Crippen LogP contribution in [0.25, 0.3) is 0 Å². The molecule has 0 bridgehead atoms. The van der Waals surface area contributed by atoms with Gasteiger partial charge in [-0.3, -0.25) is 4.90 Å². The van der Waals surface area contributed by atoms with Gasteiger partial charge in [0, 0.05) is 24.1 Å². The normalized spacial score (nSPS) is 26.8. The lowest BCUT2D eigenvalue weighted by molar-refractivity contribution is 0.0653. The first-order valence-electron chi connectivity index (χ1n) is 5.57. The van der Waals surface area contributed by atoms with E-state index in [1.54, 1.807) is 0 Å². The monoisotopic (exact) mass is 217 g/mol. The Hall–Kier alpha value is 0.270. The van der Waals surface area contributed by atoms with Crippen molar-refractivity contribution in [3.05, 3.63) is 0 Å². The molecule has 0 saturated carbocycles. The van der Waals surface area contributed by atoms with Gasteiger partial charge in [-0.25, -0.2) is 0 Å². The molecule has 1 N–H and O–H groups in total. The third kappa shape index (κ3) is 3.79. The fraction of sp³-hybridized carbons (Fsp3) is 1.00. The summed E-state index contributed by atoms with van der Waals surface area (Å²) in [4.78, 5) is 2.31. The summed E-state index contributed by atoms with van der Waals surface area (Å²) in [6.45, 7) is 5.55. The Morgan fingerprint density at radius 2 is 2.14 bits per heavy atom. The van der Waals surface area contributed by atoms with Crippen LogP contribution in [-0.2, 0) is 0 Å². The Labute approximate surface area is 92.1 Å². The highest BCUT2D eigenvalue weighted by molar-refractivity contribution is 7.99. The van der Waals surface area contributed by atoms with Gasteiger partial charge in [-0.05, 0) is 25.8 Å². The van der Waals surface area contributed by atoms with Crippen LogP contribution >= 0.6 is 11.8 Å². The van der Waals surface area contributed by atoms with Gasteiger partial charge in [0.25, 0.3) is 0 Å². The zero-order valence-electron chi connectivity index (χ0n) is 9.57. The van der Waals surface area contributed by atoms with Gasteiger partial charge in [0.1, 0.15) is 0 Å². The standard InChI is InChI=1S/C11H23NOS/c1-9(2)4-5-11(13)10-8-14-7-6-12(10)3/h9-11,13H,4-8H2,1-3H3. The largest absolute Gasteiger partial charge is 0.391 e. The van der Waals surface area contributed by atoms with Crippen LogP contribution in [-0.4, -0.2) is 47.3 Å². The molecule has 0 aromatic carbocycles. The molecule has 0 aliphatic carbocycles. The first kappa shape index (κ1) is 12.3. The number of aliphatic hydroxyl groups is 1. The Morgan fingerprint density at radius 1 is 1.43 bits per heavy atom. The fourth-order valence-corrected chi connectivity index (χ4v) is 3.11. The minimum atomic E-state index is -0.129. The molecule has 1 aliphatic rings. The van der Waals surface area contributed by atoms with Gasteiger partial charge >= 0.3 is 0 Å². The average molecular weight is 217 g/mol. The van der Waals surface area contributed by atoms with Crippen molar-refractivity contribution in [3.63, 3.8) is 0 Å². The van der Waals surface area contributed by atoms with Crippen molar-refractivity contribution in [2.45, 2.75) is 38.8 Å². The van der Waals surface area contributed by atoms with Crippen molar-refractivity contribution in [1.29, 1.82) is 0 Å². The summed E-state index contributed by atoms with van der Waals surface area (Å²) in [5.41, 5.74) is 0. The summed E-state index contributed by atoms with van der Waals surface area (Å²) >= 11 is 1.97. The van der Waals surface area contributed by atoms with Crippen molar-refractivity contribution >= 4 is 11.8 Å². The van der Waals surface area contributed by atoms with Crippen LogP contribution in [0.1, 0.15) is 26.7 Å². The quantitative estimate of drug-likeness (QED) is 0.777. The highest BCUT2D eigenvalue weighted by atomic mass is 32.2. The minimum absolute atomic E-state index is 0.129. The lowest BCUT2D eigenvalue weighted by atomic mass is 10.0. The van der Waals surface area contributed by atoms with E-state index in [9.17, 15) is 5.11 Å². The number of rotatable bonds is 4. The zero-order valence-corrected chi connectivity index (χ0v) is 10.4. The second-order valence-electron chi connectivity index (χ2n) is 4.66. The van der Waals surface area contributed by atoms with Crippen molar-refractivity contribution in [2.75, 3.05) is 25.1 Å². The molecule has 0 aromatic heterocycles. The highest BCUT2D eigenvalue weighted by Gasteiger charge is 2.26. The van der Waals surface area contributed by atoms with E-state index in [2.05, 4.69) is 25.8 Å². The summed E-state index contributed by atoms with van der Waals surface area (Å²) in [6.07, 6.45) is 1.96. The molecule has 3 heteroatoms. The Morgan fingerprint density at radius 3 is 2.71 bits per heavy atom. The molecule has 0 amide bonds. The lowest BCUT2D eigenvalue weighted by Gasteiger charge is -2.35. The summed E-state index contributed by atoms with van der Waals surface area (Å²) in [6, 6.07) is 0.382. The maximum absolute atomic E-state index is 10.0. The van der Waals surface area contributed by atoms with Crippen LogP contribution in [0, 0.1) is 5.92 Å². The Kier molecular flexibility index (Phi) is 5.28. The van der Waals surface area contributed by atoms with Crippen LogP contribution in [0.3, 0.4) is 0 Å². The van der Waals surface area contributed by atoms with E-state index in [0.717, 1.165) is 25.1 Å². The van der Waals surface area contributed by atoms with Crippen LogP contribution in [0.15, 0.2) is 0 Å². The van der Waals surface area contributed by atoms with Crippen molar-refractivity contribution in [1.82, 2.24) is 4.90 Å². The maximum atomic E-state index is 10.0. The molecule has 2 atom stereocenters. The molecule has 2 unspecified atom stereocenters. The van der Waals surface area contributed by atoms with Gasteiger partial charge in [0.05, 0.1) is 6.10 Å². The van der Waals surface area contributed by atoms with E-state index in [1.165, 1.54) is 5.75 Å². The van der Waals surface area contributed by atoms with E-state index in [4.69, 9.17) is 0 Å².